The van der Waals surface area contributed by atoms with Crippen molar-refractivity contribution in [2.75, 3.05) is 13.1 Å². The molecule has 0 unspecified atom stereocenters. The van der Waals surface area contributed by atoms with Gasteiger partial charge in [-0.3, -0.25) is 9.59 Å². The van der Waals surface area contributed by atoms with E-state index >= 15 is 0 Å². The topological polar surface area (TPSA) is 70.5 Å². The van der Waals surface area contributed by atoms with Gasteiger partial charge in [0.25, 0.3) is 5.91 Å². The lowest BCUT2D eigenvalue weighted by molar-refractivity contribution is -0.152. The Morgan fingerprint density at radius 1 is 1.45 bits per heavy atom. The zero-order valence-electron chi connectivity index (χ0n) is 12.1. The van der Waals surface area contributed by atoms with Crippen molar-refractivity contribution < 1.29 is 14.7 Å². The molecule has 1 atom stereocenters. The number of aromatic nitrogens is 1. The van der Waals surface area contributed by atoms with Crippen LogP contribution in [0.25, 0.3) is 0 Å². The van der Waals surface area contributed by atoms with Crippen molar-refractivity contribution in [2.45, 2.75) is 40.0 Å². The van der Waals surface area contributed by atoms with E-state index in [4.69, 9.17) is 0 Å². The fraction of sp³-hybridized carbons (Fsp3) is 0.643. The Balaban J connectivity index is 2.23. The van der Waals surface area contributed by atoms with Gasteiger partial charge < -0.3 is 10.0 Å². The van der Waals surface area contributed by atoms with Crippen LogP contribution in [0.15, 0.2) is 0 Å². The third-order valence-corrected chi connectivity index (χ3v) is 5.15. The fourth-order valence-corrected chi connectivity index (χ4v) is 3.68. The number of carboxylic acids is 1. The molecule has 1 amide bonds. The second kappa shape index (κ2) is 5.52. The third kappa shape index (κ3) is 2.57. The average Bonchev–Trinajstić information content (AvgIpc) is 2.76. The second-order valence-corrected chi connectivity index (χ2v) is 6.62. The number of piperidine rings is 1. The summed E-state index contributed by atoms with van der Waals surface area (Å²) in [5.41, 5.74) is -0.0536. The van der Waals surface area contributed by atoms with Crippen LogP contribution in [0.2, 0.25) is 0 Å². The van der Waals surface area contributed by atoms with Crippen molar-refractivity contribution in [3.8, 4) is 0 Å². The maximum atomic E-state index is 12.6. The van der Waals surface area contributed by atoms with Crippen molar-refractivity contribution in [3.05, 3.63) is 15.6 Å². The lowest BCUT2D eigenvalue weighted by Gasteiger charge is -2.39. The Morgan fingerprint density at radius 2 is 2.15 bits per heavy atom. The highest BCUT2D eigenvalue weighted by molar-refractivity contribution is 7.13. The monoisotopic (exact) mass is 296 g/mol. The van der Waals surface area contributed by atoms with E-state index in [9.17, 15) is 14.7 Å². The number of amides is 1. The number of rotatable bonds is 3. The minimum atomic E-state index is -0.797. The highest BCUT2D eigenvalue weighted by Crippen LogP contribution is 2.34. The Hall–Kier alpha value is -1.43. The number of carbonyl (C=O) groups is 2. The van der Waals surface area contributed by atoms with E-state index in [-0.39, 0.29) is 5.91 Å². The molecule has 1 N–H and O–H groups in total. The van der Waals surface area contributed by atoms with Gasteiger partial charge in [-0.05, 0) is 33.1 Å². The lowest BCUT2D eigenvalue weighted by atomic mass is 9.77. The molecule has 0 radical (unpaired) electrons. The second-order valence-electron chi connectivity index (χ2n) is 5.42. The average molecular weight is 296 g/mol. The number of aryl methyl sites for hydroxylation is 2. The number of hydrogen-bond donors (Lipinski definition) is 1. The summed E-state index contributed by atoms with van der Waals surface area (Å²) in [5, 5.41) is 10.3. The zero-order chi connectivity index (χ0) is 14.9. The summed E-state index contributed by atoms with van der Waals surface area (Å²) in [5.74, 6) is -0.874. The van der Waals surface area contributed by atoms with Gasteiger partial charge in [0.1, 0.15) is 4.88 Å². The van der Waals surface area contributed by atoms with Crippen molar-refractivity contribution >= 4 is 23.2 Å². The van der Waals surface area contributed by atoms with Crippen molar-refractivity contribution in [1.82, 2.24) is 9.88 Å². The third-order valence-electron chi connectivity index (χ3n) is 4.09. The van der Waals surface area contributed by atoms with Crippen LogP contribution in [0, 0.1) is 19.3 Å². The summed E-state index contributed by atoms with van der Waals surface area (Å²) in [6, 6.07) is 0. The van der Waals surface area contributed by atoms with Gasteiger partial charge in [-0.2, -0.15) is 0 Å². The maximum Gasteiger partial charge on any atom is 0.311 e. The Bertz CT molecular complexity index is 541. The Kier molecular flexibility index (Phi) is 4.13. The SMILES string of the molecule is CC[C@@]1(C(=O)O)CCCN(C(=O)c2sc(C)nc2C)C1. The van der Waals surface area contributed by atoms with Gasteiger partial charge in [-0.1, -0.05) is 6.92 Å². The first-order chi connectivity index (χ1) is 9.39. The molecule has 1 saturated heterocycles. The van der Waals surface area contributed by atoms with E-state index in [0.29, 0.717) is 30.8 Å². The summed E-state index contributed by atoms with van der Waals surface area (Å²) < 4.78 is 0. The van der Waals surface area contributed by atoms with Crippen LogP contribution < -0.4 is 0 Å². The smallest absolute Gasteiger partial charge is 0.311 e. The van der Waals surface area contributed by atoms with Gasteiger partial charge in [0.2, 0.25) is 0 Å². The summed E-state index contributed by atoms with van der Waals surface area (Å²) in [6.07, 6.45) is 1.93. The number of nitrogens with zero attached hydrogens (tertiary/aromatic N) is 2. The van der Waals surface area contributed by atoms with Gasteiger partial charge in [0.15, 0.2) is 0 Å². The highest BCUT2D eigenvalue weighted by atomic mass is 32.1. The van der Waals surface area contributed by atoms with E-state index in [2.05, 4.69) is 4.98 Å². The van der Waals surface area contributed by atoms with Crippen molar-refractivity contribution in [3.63, 3.8) is 0 Å². The molecule has 1 aliphatic heterocycles. The van der Waals surface area contributed by atoms with Gasteiger partial charge in [-0.15, -0.1) is 11.3 Å². The Labute approximate surface area is 122 Å². The standard InChI is InChI=1S/C14H20N2O3S/c1-4-14(13(18)19)6-5-7-16(8-14)12(17)11-9(2)15-10(3)20-11/h4-8H2,1-3H3,(H,18,19)/t14-/m1/s1. The molecular formula is C14H20N2O3S. The molecule has 1 aromatic rings. The number of likely N-dealkylation sites (tertiary alicyclic amines) is 1. The minimum absolute atomic E-state index is 0.0770. The number of carboxylic acid groups (broad SMARTS) is 1. The predicted molar refractivity (Wildman–Crippen MR) is 77.1 cm³/mol. The van der Waals surface area contributed by atoms with Crippen LogP contribution in [0.3, 0.4) is 0 Å². The molecule has 0 aliphatic carbocycles. The van der Waals surface area contributed by atoms with Crippen LogP contribution in [0.5, 0.6) is 0 Å². The lowest BCUT2D eigenvalue weighted by Crippen LogP contribution is -2.49. The quantitative estimate of drug-likeness (QED) is 0.930. The fourth-order valence-electron chi connectivity index (χ4n) is 2.79. The van der Waals surface area contributed by atoms with E-state index < -0.39 is 11.4 Å². The van der Waals surface area contributed by atoms with Gasteiger partial charge in [0.05, 0.1) is 16.1 Å². The molecule has 6 heteroatoms. The first-order valence-electron chi connectivity index (χ1n) is 6.86. The van der Waals surface area contributed by atoms with Crippen LogP contribution >= 0.6 is 11.3 Å². The summed E-state index contributed by atoms with van der Waals surface area (Å²) >= 11 is 1.38. The highest BCUT2D eigenvalue weighted by Gasteiger charge is 2.42. The summed E-state index contributed by atoms with van der Waals surface area (Å²) in [4.78, 5) is 30.7. The number of carbonyl (C=O) groups excluding carboxylic acids is 1. The predicted octanol–water partition coefficient (Wildman–Crippen LogP) is 2.48. The first-order valence-corrected chi connectivity index (χ1v) is 7.68. The normalized spacial score (nSPS) is 22.9. The van der Waals surface area contributed by atoms with E-state index in [1.54, 1.807) is 4.90 Å². The molecule has 2 heterocycles. The van der Waals surface area contributed by atoms with Gasteiger partial charge in [0, 0.05) is 13.1 Å². The largest absolute Gasteiger partial charge is 0.481 e. The molecule has 1 aliphatic rings. The Morgan fingerprint density at radius 3 is 2.65 bits per heavy atom. The number of aliphatic carboxylic acids is 1. The summed E-state index contributed by atoms with van der Waals surface area (Å²) in [7, 11) is 0. The van der Waals surface area contributed by atoms with Crippen LogP contribution in [0.4, 0.5) is 0 Å². The van der Waals surface area contributed by atoms with E-state index in [1.165, 1.54) is 11.3 Å². The van der Waals surface area contributed by atoms with Gasteiger partial charge >= 0.3 is 5.97 Å². The number of thiazole rings is 1. The first kappa shape index (κ1) is 15.0. The molecule has 2 rings (SSSR count). The van der Waals surface area contributed by atoms with Crippen LogP contribution in [-0.4, -0.2) is 40.0 Å². The molecule has 1 fully saturated rings. The van der Waals surface area contributed by atoms with Crippen molar-refractivity contribution in [1.29, 1.82) is 0 Å². The van der Waals surface area contributed by atoms with Crippen molar-refractivity contribution in [2.24, 2.45) is 5.41 Å². The van der Waals surface area contributed by atoms with E-state index in [1.807, 2.05) is 20.8 Å². The molecule has 5 nitrogen and oxygen atoms in total. The molecule has 0 aromatic carbocycles. The van der Waals surface area contributed by atoms with Crippen LogP contribution in [-0.2, 0) is 4.79 Å². The van der Waals surface area contributed by atoms with E-state index in [0.717, 1.165) is 17.1 Å². The minimum Gasteiger partial charge on any atom is -0.481 e. The number of hydrogen-bond acceptors (Lipinski definition) is 4. The summed E-state index contributed by atoms with van der Waals surface area (Å²) in [6.45, 7) is 6.51. The molecule has 1 aromatic heterocycles. The molecule has 20 heavy (non-hydrogen) atoms. The maximum absolute atomic E-state index is 12.6. The zero-order valence-corrected chi connectivity index (χ0v) is 12.9. The van der Waals surface area contributed by atoms with Gasteiger partial charge in [-0.25, -0.2) is 4.98 Å². The molecular weight excluding hydrogens is 276 g/mol. The van der Waals surface area contributed by atoms with Crippen LogP contribution in [0.1, 0.15) is 46.6 Å². The molecule has 0 spiro atoms. The molecule has 0 bridgehead atoms. The molecule has 0 saturated carbocycles. The molecule has 110 valence electrons.